The van der Waals surface area contributed by atoms with Crippen molar-refractivity contribution in [2.24, 2.45) is 0 Å². The van der Waals surface area contributed by atoms with Crippen molar-refractivity contribution in [1.29, 1.82) is 0 Å². The lowest BCUT2D eigenvalue weighted by Crippen LogP contribution is -2.28. The number of aromatic nitrogens is 3. The van der Waals surface area contributed by atoms with Crippen LogP contribution in [0.4, 0.5) is 0 Å². The second-order valence-corrected chi connectivity index (χ2v) is 8.08. The number of rotatable bonds is 8. The van der Waals surface area contributed by atoms with Gasteiger partial charge in [-0.25, -0.2) is 0 Å². The number of allylic oxidation sites excluding steroid dienone is 1. The molecule has 3 aromatic rings. The van der Waals surface area contributed by atoms with Gasteiger partial charge in [0.15, 0.2) is 11.0 Å². The maximum atomic E-state index is 12.4. The van der Waals surface area contributed by atoms with Gasteiger partial charge in [0.1, 0.15) is 0 Å². The van der Waals surface area contributed by atoms with Gasteiger partial charge in [-0.3, -0.25) is 9.36 Å². The zero-order chi connectivity index (χ0) is 20.8. The van der Waals surface area contributed by atoms with Crippen LogP contribution in [0.5, 0.6) is 0 Å². The normalized spacial score (nSPS) is 11.8. The first-order valence-electron chi connectivity index (χ1n) is 8.96. The number of nitrogens with zero attached hydrogens (tertiary/aromatic N) is 3. The van der Waals surface area contributed by atoms with Gasteiger partial charge in [-0.05, 0) is 24.6 Å². The molecule has 0 saturated carbocycles. The highest BCUT2D eigenvalue weighted by molar-refractivity contribution is 7.99. The predicted octanol–water partition coefficient (Wildman–Crippen LogP) is 5.41. The van der Waals surface area contributed by atoms with Crippen molar-refractivity contribution in [3.8, 4) is 11.4 Å². The second-order valence-electron chi connectivity index (χ2n) is 6.32. The van der Waals surface area contributed by atoms with Crippen molar-refractivity contribution >= 4 is 40.9 Å². The summed E-state index contributed by atoms with van der Waals surface area (Å²) in [7, 11) is 0. The molecule has 2 aromatic carbocycles. The first-order valence-corrected chi connectivity index (χ1v) is 10.7. The lowest BCUT2D eigenvalue weighted by atomic mass is 10.1. The van der Waals surface area contributed by atoms with Gasteiger partial charge in [0.2, 0.25) is 5.91 Å². The molecule has 1 N–H and O–H groups in total. The van der Waals surface area contributed by atoms with E-state index in [4.69, 9.17) is 23.2 Å². The molecule has 1 atom stereocenters. The van der Waals surface area contributed by atoms with Gasteiger partial charge in [-0.15, -0.1) is 16.8 Å². The van der Waals surface area contributed by atoms with Crippen LogP contribution in [0.2, 0.25) is 10.0 Å². The molecule has 1 unspecified atom stereocenters. The number of carbonyl (C=O) groups excluding carboxylic acids is 1. The van der Waals surface area contributed by atoms with Crippen molar-refractivity contribution < 1.29 is 4.79 Å². The Morgan fingerprint density at radius 3 is 2.66 bits per heavy atom. The summed E-state index contributed by atoms with van der Waals surface area (Å²) in [6.45, 7) is 6.26. The number of hydrogen-bond acceptors (Lipinski definition) is 4. The van der Waals surface area contributed by atoms with Gasteiger partial charge < -0.3 is 5.32 Å². The Morgan fingerprint density at radius 1 is 1.21 bits per heavy atom. The Kier molecular flexibility index (Phi) is 7.36. The van der Waals surface area contributed by atoms with Crippen molar-refractivity contribution in [2.75, 3.05) is 5.75 Å². The zero-order valence-corrected chi connectivity index (χ0v) is 18.1. The molecule has 8 heteroatoms. The van der Waals surface area contributed by atoms with E-state index in [1.54, 1.807) is 18.2 Å². The van der Waals surface area contributed by atoms with E-state index < -0.39 is 0 Å². The average Bonchev–Trinajstić information content (AvgIpc) is 3.12. The van der Waals surface area contributed by atoms with Crippen LogP contribution in [0, 0.1) is 0 Å². The molecule has 3 rings (SSSR count). The maximum Gasteiger partial charge on any atom is 0.230 e. The van der Waals surface area contributed by atoms with Crippen LogP contribution in [0.1, 0.15) is 18.5 Å². The van der Waals surface area contributed by atoms with Gasteiger partial charge >= 0.3 is 0 Å². The summed E-state index contributed by atoms with van der Waals surface area (Å²) in [5.74, 6) is 0.857. The number of hydrogen-bond donors (Lipinski definition) is 1. The van der Waals surface area contributed by atoms with Gasteiger partial charge in [-0.2, -0.15) is 0 Å². The van der Waals surface area contributed by atoms with Crippen LogP contribution in [-0.4, -0.2) is 26.4 Å². The van der Waals surface area contributed by atoms with Crippen LogP contribution < -0.4 is 5.32 Å². The van der Waals surface area contributed by atoms with Crippen molar-refractivity contribution in [3.05, 3.63) is 76.8 Å². The number of halogens is 2. The lowest BCUT2D eigenvalue weighted by Gasteiger charge is -2.15. The molecule has 0 aliphatic heterocycles. The highest BCUT2D eigenvalue weighted by atomic mass is 35.5. The molecule has 0 spiro atoms. The predicted molar refractivity (Wildman–Crippen MR) is 119 cm³/mol. The van der Waals surface area contributed by atoms with Crippen LogP contribution in [0.25, 0.3) is 11.4 Å². The smallest absolute Gasteiger partial charge is 0.230 e. The number of carbonyl (C=O) groups is 1. The van der Waals surface area contributed by atoms with E-state index in [9.17, 15) is 4.79 Å². The fourth-order valence-corrected chi connectivity index (χ4v) is 3.83. The molecular weight excluding hydrogens is 427 g/mol. The minimum Gasteiger partial charge on any atom is -0.349 e. The zero-order valence-electron chi connectivity index (χ0n) is 15.8. The third kappa shape index (κ3) is 5.41. The topological polar surface area (TPSA) is 59.8 Å². The van der Waals surface area contributed by atoms with E-state index in [2.05, 4.69) is 22.1 Å². The first-order chi connectivity index (χ1) is 14.0. The molecule has 0 saturated heterocycles. The molecule has 29 heavy (non-hydrogen) atoms. The molecule has 0 radical (unpaired) electrons. The summed E-state index contributed by atoms with van der Waals surface area (Å²) in [4.78, 5) is 12.4. The van der Waals surface area contributed by atoms with E-state index in [1.165, 1.54) is 11.8 Å². The summed E-state index contributed by atoms with van der Waals surface area (Å²) in [5.41, 5.74) is 1.85. The highest BCUT2D eigenvalue weighted by Gasteiger charge is 2.16. The summed E-state index contributed by atoms with van der Waals surface area (Å²) >= 11 is 13.3. The molecular formula is C21H20Cl2N4OS. The van der Waals surface area contributed by atoms with Gasteiger partial charge in [0.05, 0.1) is 21.8 Å². The summed E-state index contributed by atoms with van der Waals surface area (Å²) in [6.07, 6.45) is 1.78. The molecule has 150 valence electrons. The van der Waals surface area contributed by atoms with Crippen molar-refractivity contribution in [1.82, 2.24) is 20.1 Å². The van der Waals surface area contributed by atoms with Crippen LogP contribution in [0.15, 0.2) is 66.3 Å². The number of amides is 1. The summed E-state index contributed by atoms with van der Waals surface area (Å²) < 4.78 is 1.95. The molecule has 0 bridgehead atoms. The molecule has 1 aromatic heterocycles. The average molecular weight is 447 g/mol. The van der Waals surface area contributed by atoms with Crippen molar-refractivity contribution in [3.63, 3.8) is 0 Å². The fraction of sp³-hybridized carbons (Fsp3) is 0.190. The quantitative estimate of drug-likeness (QED) is 0.371. The SMILES string of the molecule is C=CCn1c(SCC(=O)NC(C)c2ccc(Cl)c(Cl)c2)nnc1-c1ccccc1. The maximum absolute atomic E-state index is 12.4. The Hall–Kier alpha value is -2.28. The Bertz CT molecular complexity index is 1010. The van der Waals surface area contributed by atoms with Crippen LogP contribution in [-0.2, 0) is 11.3 Å². The number of thioether (sulfide) groups is 1. The number of nitrogens with one attached hydrogen (secondary N) is 1. The molecule has 0 aliphatic rings. The van der Waals surface area contributed by atoms with Crippen LogP contribution in [0.3, 0.4) is 0 Å². The van der Waals surface area contributed by atoms with E-state index in [0.717, 1.165) is 17.0 Å². The van der Waals surface area contributed by atoms with Crippen LogP contribution >= 0.6 is 35.0 Å². The molecule has 1 heterocycles. The van der Waals surface area contributed by atoms with E-state index in [-0.39, 0.29) is 17.7 Å². The van der Waals surface area contributed by atoms with E-state index in [1.807, 2.05) is 47.9 Å². The van der Waals surface area contributed by atoms with Gasteiger partial charge in [-0.1, -0.05) is 77.4 Å². The Labute approximate surface area is 184 Å². The van der Waals surface area contributed by atoms with Crippen molar-refractivity contribution in [2.45, 2.75) is 24.7 Å². The molecule has 5 nitrogen and oxygen atoms in total. The third-order valence-electron chi connectivity index (χ3n) is 4.21. The third-order valence-corrected chi connectivity index (χ3v) is 5.92. The van der Waals surface area contributed by atoms with E-state index >= 15 is 0 Å². The first kappa shape index (κ1) is 21.4. The Balaban J connectivity index is 1.66. The van der Waals surface area contributed by atoms with Gasteiger partial charge in [0, 0.05) is 12.1 Å². The standard InChI is InChI=1S/C21H20Cl2N4OS/c1-3-11-27-20(15-7-5-4-6-8-15)25-26-21(27)29-13-19(28)24-14(2)16-9-10-17(22)18(23)12-16/h3-10,12,14H,1,11,13H2,2H3,(H,24,28). The molecule has 0 aliphatic carbocycles. The largest absolute Gasteiger partial charge is 0.349 e. The number of benzene rings is 2. The lowest BCUT2D eigenvalue weighted by molar-refractivity contribution is -0.119. The van der Waals surface area contributed by atoms with E-state index in [0.29, 0.717) is 21.7 Å². The molecule has 0 fully saturated rings. The summed E-state index contributed by atoms with van der Waals surface area (Å²) in [5, 5.41) is 13.1. The van der Waals surface area contributed by atoms with Gasteiger partial charge in [0.25, 0.3) is 0 Å². The Morgan fingerprint density at radius 2 is 1.97 bits per heavy atom. The highest BCUT2D eigenvalue weighted by Crippen LogP contribution is 2.26. The fourth-order valence-electron chi connectivity index (χ4n) is 2.77. The summed E-state index contributed by atoms with van der Waals surface area (Å²) in [6, 6.07) is 14.9. The monoisotopic (exact) mass is 446 g/mol. The minimum absolute atomic E-state index is 0.108. The second kappa shape index (κ2) is 9.96. The minimum atomic E-state index is -0.191. The molecule has 1 amide bonds.